The molecule has 0 bridgehead atoms. The Balaban J connectivity index is 1.60. The summed E-state index contributed by atoms with van der Waals surface area (Å²) >= 11 is 0. The first-order chi connectivity index (χ1) is 12.0. The van der Waals surface area contributed by atoms with E-state index in [0.29, 0.717) is 26.2 Å². The molecule has 1 aliphatic heterocycles. The number of nitrogens with zero attached hydrogens (tertiary/aromatic N) is 5. The van der Waals surface area contributed by atoms with Gasteiger partial charge in [0.15, 0.2) is 0 Å². The SMILES string of the molecule is CCn1cnc(C(=O)N2CCN(C(=O)[C@@H](O)C3CCCC3)[C@H](C)C2)n1. The molecule has 1 saturated heterocycles. The van der Waals surface area contributed by atoms with Crippen molar-refractivity contribution < 1.29 is 14.7 Å². The maximum absolute atomic E-state index is 12.6. The first-order valence-corrected chi connectivity index (χ1v) is 9.18. The fraction of sp³-hybridized carbons (Fsp3) is 0.765. The molecule has 2 amide bonds. The maximum atomic E-state index is 12.6. The topological polar surface area (TPSA) is 91.6 Å². The minimum Gasteiger partial charge on any atom is -0.383 e. The zero-order chi connectivity index (χ0) is 18.0. The number of carbonyl (C=O) groups excluding carboxylic acids is 2. The van der Waals surface area contributed by atoms with Crippen LogP contribution in [0.1, 0.15) is 50.1 Å². The molecule has 138 valence electrons. The second kappa shape index (κ2) is 7.51. The molecule has 2 fully saturated rings. The first-order valence-electron chi connectivity index (χ1n) is 9.18. The zero-order valence-corrected chi connectivity index (χ0v) is 15.0. The van der Waals surface area contributed by atoms with Gasteiger partial charge in [-0.1, -0.05) is 12.8 Å². The average molecular weight is 349 g/mol. The third kappa shape index (κ3) is 3.68. The van der Waals surface area contributed by atoms with Crippen LogP contribution in [-0.4, -0.2) is 73.3 Å². The lowest BCUT2D eigenvalue weighted by molar-refractivity contribution is -0.147. The van der Waals surface area contributed by atoms with E-state index in [-0.39, 0.29) is 29.6 Å². The highest BCUT2D eigenvalue weighted by atomic mass is 16.3. The molecular formula is C17H27N5O3. The molecule has 2 heterocycles. The Morgan fingerprint density at radius 3 is 2.64 bits per heavy atom. The van der Waals surface area contributed by atoms with Crippen LogP contribution in [0.4, 0.5) is 0 Å². The molecule has 0 spiro atoms. The summed E-state index contributed by atoms with van der Waals surface area (Å²) in [5, 5.41) is 14.5. The average Bonchev–Trinajstić information content (AvgIpc) is 3.31. The minimum atomic E-state index is -0.908. The number of carbonyl (C=O) groups is 2. The van der Waals surface area contributed by atoms with Gasteiger partial charge in [-0.15, -0.1) is 5.10 Å². The molecule has 1 aliphatic carbocycles. The summed E-state index contributed by atoms with van der Waals surface area (Å²) in [6.07, 6.45) is 4.66. The van der Waals surface area contributed by atoms with Gasteiger partial charge >= 0.3 is 0 Å². The van der Waals surface area contributed by atoms with Gasteiger partial charge in [-0.05, 0) is 32.6 Å². The van der Waals surface area contributed by atoms with Gasteiger partial charge in [0.25, 0.3) is 11.8 Å². The van der Waals surface area contributed by atoms with E-state index in [1.165, 1.54) is 0 Å². The highest BCUT2D eigenvalue weighted by Gasteiger charge is 2.37. The van der Waals surface area contributed by atoms with Crippen LogP contribution in [0.3, 0.4) is 0 Å². The van der Waals surface area contributed by atoms with Crippen LogP contribution in [-0.2, 0) is 11.3 Å². The van der Waals surface area contributed by atoms with E-state index < -0.39 is 6.10 Å². The molecule has 1 aromatic rings. The Labute approximate surface area is 147 Å². The molecule has 8 nitrogen and oxygen atoms in total. The standard InChI is InChI=1S/C17H27N5O3/c1-3-21-11-18-15(19-21)17(25)20-8-9-22(12(2)10-20)16(24)14(23)13-6-4-5-7-13/h11-14,23H,3-10H2,1-2H3/t12-,14+/m1/s1. The highest BCUT2D eigenvalue weighted by molar-refractivity contribution is 5.90. The Hall–Kier alpha value is -1.96. The normalized spacial score (nSPS) is 23.1. The molecule has 3 rings (SSSR count). The van der Waals surface area contributed by atoms with Crippen LogP contribution in [0.15, 0.2) is 6.33 Å². The van der Waals surface area contributed by atoms with Crippen LogP contribution in [0.2, 0.25) is 0 Å². The largest absolute Gasteiger partial charge is 0.383 e. The number of piperazine rings is 1. The van der Waals surface area contributed by atoms with E-state index in [2.05, 4.69) is 10.1 Å². The van der Waals surface area contributed by atoms with Gasteiger partial charge in [-0.25, -0.2) is 4.98 Å². The Kier molecular flexibility index (Phi) is 5.36. The second-order valence-electron chi connectivity index (χ2n) is 7.05. The number of aliphatic hydroxyl groups is 1. The van der Waals surface area contributed by atoms with Gasteiger partial charge in [-0.3, -0.25) is 14.3 Å². The van der Waals surface area contributed by atoms with E-state index in [0.717, 1.165) is 25.7 Å². The van der Waals surface area contributed by atoms with Crippen LogP contribution < -0.4 is 0 Å². The van der Waals surface area contributed by atoms with Crippen molar-refractivity contribution in [3.05, 3.63) is 12.2 Å². The van der Waals surface area contributed by atoms with Gasteiger partial charge in [0, 0.05) is 32.2 Å². The fourth-order valence-corrected chi connectivity index (χ4v) is 3.80. The van der Waals surface area contributed by atoms with E-state index >= 15 is 0 Å². The molecule has 8 heteroatoms. The van der Waals surface area contributed by atoms with E-state index in [1.54, 1.807) is 20.8 Å². The maximum Gasteiger partial charge on any atom is 0.293 e. The molecule has 0 aromatic carbocycles. The van der Waals surface area contributed by atoms with Crippen LogP contribution >= 0.6 is 0 Å². The molecule has 1 saturated carbocycles. The Morgan fingerprint density at radius 1 is 1.32 bits per heavy atom. The fourth-order valence-electron chi connectivity index (χ4n) is 3.80. The zero-order valence-electron chi connectivity index (χ0n) is 15.0. The lowest BCUT2D eigenvalue weighted by Crippen LogP contribution is -2.58. The Morgan fingerprint density at radius 2 is 2.04 bits per heavy atom. The van der Waals surface area contributed by atoms with Crippen molar-refractivity contribution in [3.8, 4) is 0 Å². The molecule has 0 radical (unpaired) electrons. The lowest BCUT2D eigenvalue weighted by atomic mass is 9.98. The molecule has 25 heavy (non-hydrogen) atoms. The molecule has 0 unspecified atom stereocenters. The highest BCUT2D eigenvalue weighted by Crippen LogP contribution is 2.29. The number of aliphatic hydroxyl groups excluding tert-OH is 1. The van der Waals surface area contributed by atoms with Crippen molar-refractivity contribution in [1.29, 1.82) is 0 Å². The summed E-state index contributed by atoms with van der Waals surface area (Å²) in [7, 11) is 0. The van der Waals surface area contributed by atoms with Gasteiger partial charge < -0.3 is 14.9 Å². The number of rotatable bonds is 4. The number of aromatic nitrogens is 3. The van der Waals surface area contributed by atoms with Crippen LogP contribution in [0, 0.1) is 5.92 Å². The van der Waals surface area contributed by atoms with Crippen molar-refractivity contribution in [2.24, 2.45) is 5.92 Å². The van der Waals surface area contributed by atoms with Crippen LogP contribution in [0.5, 0.6) is 0 Å². The van der Waals surface area contributed by atoms with E-state index in [9.17, 15) is 14.7 Å². The van der Waals surface area contributed by atoms with Gasteiger partial charge in [-0.2, -0.15) is 0 Å². The number of hydrogen-bond donors (Lipinski definition) is 1. The van der Waals surface area contributed by atoms with Crippen molar-refractivity contribution in [1.82, 2.24) is 24.6 Å². The third-order valence-corrected chi connectivity index (χ3v) is 5.35. The van der Waals surface area contributed by atoms with Gasteiger partial charge in [0.2, 0.25) is 5.82 Å². The summed E-state index contributed by atoms with van der Waals surface area (Å²) < 4.78 is 1.62. The molecular weight excluding hydrogens is 322 g/mol. The summed E-state index contributed by atoms with van der Waals surface area (Å²) in [5.41, 5.74) is 0. The summed E-state index contributed by atoms with van der Waals surface area (Å²) in [5.74, 6) is -0.122. The lowest BCUT2D eigenvalue weighted by Gasteiger charge is -2.40. The van der Waals surface area contributed by atoms with Crippen molar-refractivity contribution in [2.45, 2.75) is 58.2 Å². The predicted octanol–water partition coefficient (Wildman–Crippen LogP) is 0.522. The minimum absolute atomic E-state index is 0.0848. The monoisotopic (exact) mass is 349 g/mol. The third-order valence-electron chi connectivity index (χ3n) is 5.35. The van der Waals surface area contributed by atoms with Crippen molar-refractivity contribution in [3.63, 3.8) is 0 Å². The summed E-state index contributed by atoms with van der Waals surface area (Å²) in [6, 6.07) is -0.130. The number of amides is 2. The Bertz CT molecular complexity index is 626. The molecule has 2 atom stereocenters. The number of aryl methyl sites for hydroxylation is 1. The number of hydrogen-bond acceptors (Lipinski definition) is 5. The van der Waals surface area contributed by atoms with Gasteiger partial charge in [0.1, 0.15) is 12.4 Å². The second-order valence-corrected chi connectivity index (χ2v) is 7.05. The van der Waals surface area contributed by atoms with E-state index in [4.69, 9.17) is 0 Å². The smallest absolute Gasteiger partial charge is 0.293 e. The summed E-state index contributed by atoms with van der Waals surface area (Å²) in [4.78, 5) is 32.6. The molecule has 2 aliphatic rings. The first kappa shape index (κ1) is 17.8. The summed E-state index contributed by atoms with van der Waals surface area (Å²) in [6.45, 7) is 5.82. The quantitative estimate of drug-likeness (QED) is 0.856. The van der Waals surface area contributed by atoms with Crippen molar-refractivity contribution >= 4 is 11.8 Å². The predicted molar refractivity (Wildman–Crippen MR) is 90.7 cm³/mol. The van der Waals surface area contributed by atoms with Crippen LogP contribution in [0.25, 0.3) is 0 Å². The molecule has 1 N–H and O–H groups in total. The molecule has 1 aromatic heterocycles. The van der Waals surface area contributed by atoms with E-state index in [1.807, 2.05) is 13.8 Å². The van der Waals surface area contributed by atoms with Crippen molar-refractivity contribution in [2.75, 3.05) is 19.6 Å². The van der Waals surface area contributed by atoms with Gasteiger partial charge in [0.05, 0.1) is 0 Å².